The number of H-pyrrole nitrogens is 2. The molecule has 1 aliphatic rings. The zero-order chi connectivity index (χ0) is 26.1. The number of hydrogen-bond donors (Lipinski definition) is 2. The number of allylic oxidation sites excluding steroid dienone is 2. The molecule has 6 rings (SSSR count). The van der Waals surface area contributed by atoms with Crippen molar-refractivity contribution in [1.29, 1.82) is 0 Å². The highest BCUT2D eigenvalue weighted by Gasteiger charge is 2.15. The van der Waals surface area contributed by atoms with Crippen LogP contribution in [0.15, 0.2) is 67.1 Å². The minimum Gasteiger partial charge on any atom is -0.338 e. The monoisotopic (exact) mass is 504 g/mol. The first-order valence-corrected chi connectivity index (χ1v) is 12.9. The Hall–Kier alpha value is -4.36. The van der Waals surface area contributed by atoms with Gasteiger partial charge in [-0.05, 0) is 91.5 Å². The van der Waals surface area contributed by atoms with Crippen LogP contribution >= 0.6 is 0 Å². The second kappa shape index (κ2) is 10.2. The normalized spacial score (nSPS) is 15.1. The Labute approximate surface area is 220 Å². The summed E-state index contributed by atoms with van der Waals surface area (Å²) in [6, 6.07) is 12.7. The Morgan fingerprint density at radius 1 is 1.11 bits per heavy atom. The van der Waals surface area contributed by atoms with Gasteiger partial charge in [0.25, 0.3) is 0 Å². The number of nitrogens with zero attached hydrogens (tertiary/aromatic N) is 4. The third-order valence-corrected chi connectivity index (χ3v) is 7.17. The molecular weight excluding hydrogens is 475 g/mol. The number of nitrogens with one attached hydrogen (secondary N) is 2. The van der Waals surface area contributed by atoms with Crippen molar-refractivity contribution >= 4 is 29.3 Å². The molecule has 1 aromatic carbocycles. The Morgan fingerprint density at radius 2 is 1.92 bits per heavy atom. The van der Waals surface area contributed by atoms with Gasteiger partial charge in [-0.15, -0.1) is 0 Å². The molecule has 0 bridgehead atoms. The SMILES string of the molecule is C=c1[nH]nc(-c2cc3c(-c4ccc(F)cc4)ccnc3[nH]2)/c1=C/C(=C\C)c1cncc(CN2CCCC2)c1. The van der Waals surface area contributed by atoms with Crippen molar-refractivity contribution in [2.24, 2.45) is 0 Å². The maximum absolute atomic E-state index is 13.5. The van der Waals surface area contributed by atoms with Crippen LogP contribution < -0.4 is 10.6 Å². The van der Waals surface area contributed by atoms with Crippen LogP contribution in [0.5, 0.6) is 0 Å². The molecule has 38 heavy (non-hydrogen) atoms. The average Bonchev–Trinajstić information content (AvgIpc) is 3.68. The number of benzene rings is 1. The standard InChI is InChI=1S/C31H29FN6/c1-3-22(24-14-21(17-33-18-24)19-38-12-4-5-13-38)15-27-20(2)36-37-30(27)29-16-28-26(10-11-34-31(28)35-29)23-6-8-25(32)9-7-23/h3,6-11,14-18,36H,2,4-5,12-13,19H2,1H3,(H,34,35)/b22-3+,27-15+. The molecule has 1 saturated heterocycles. The molecule has 5 heterocycles. The zero-order valence-corrected chi connectivity index (χ0v) is 21.3. The molecule has 1 aliphatic heterocycles. The van der Waals surface area contributed by atoms with E-state index in [1.165, 1.54) is 30.5 Å². The lowest BCUT2D eigenvalue weighted by Gasteiger charge is -2.15. The maximum atomic E-state index is 13.5. The summed E-state index contributed by atoms with van der Waals surface area (Å²) in [5.41, 5.74) is 7.56. The quantitative estimate of drug-likeness (QED) is 0.340. The van der Waals surface area contributed by atoms with Crippen LogP contribution in [0.1, 0.15) is 30.9 Å². The van der Waals surface area contributed by atoms with Crippen molar-refractivity contribution in [1.82, 2.24) is 30.0 Å². The number of likely N-dealkylation sites (tertiary alicyclic amines) is 1. The lowest BCUT2D eigenvalue weighted by molar-refractivity contribution is 0.331. The Balaban J connectivity index is 1.39. The van der Waals surface area contributed by atoms with Gasteiger partial charge in [0.1, 0.15) is 17.2 Å². The van der Waals surface area contributed by atoms with Crippen LogP contribution in [0.2, 0.25) is 0 Å². The van der Waals surface area contributed by atoms with E-state index >= 15 is 0 Å². The van der Waals surface area contributed by atoms with Gasteiger partial charge in [0, 0.05) is 41.3 Å². The van der Waals surface area contributed by atoms with Gasteiger partial charge in [-0.2, -0.15) is 5.10 Å². The molecule has 0 amide bonds. The summed E-state index contributed by atoms with van der Waals surface area (Å²) in [7, 11) is 0. The lowest BCUT2D eigenvalue weighted by atomic mass is 10.0. The van der Waals surface area contributed by atoms with Crippen molar-refractivity contribution < 1.29 is 4.39 Å². The second-order valence-corrected chi connectivity index (χ2v) is 9.73. The molecule has 0 spiro atoms. The predicted molar refractivity (Wildman–Crippen MR) is 151 cm³/mol. The van der Waals surface area contributed by atoms with Gasteiger partial charge < -0.3 is 4.98 Å². The number of fused-ring (bicyclic) bond motifs is 1. The van der Waals surface area contributed by atoms with E-state index in [-0.39, 0.29) is 5.82 Å². The predicted octanol–water partition coefficient (Wildman–Crippen LogP) is 5.04. The summed E-state index contributed by atoms with van der Waals surface area (Å²) in [6.07, 6.45) is 12.4. The highest BCUT2D eigenvalue weighted by Crippen LogP contribution is 2.30. The third kappa shape index (κ3) is 4.68. The highest BCUT2D eigenvalue weighted by atomic mass is 19.1. The van der Waals surface area contributed by atoms with Gasteiger partial charge in [0.15, 0.2) is 0 Å². The minimum atomic E-state index is -0.259. The van der Waals surface area contributed by atoms with Crippen molar-refractivity contribution in [2.75, 3.05) is 13.1 Å². The Morgan fingerprint density at radius 3 is 2.71 bits per heavy atom. The fraction of sp³-hybridized carbons (Fsp3) is 0.194. The van der Waals surface area contributed by atoms with E-state index in [4.69, 9.17) is 0 Å². The van der Waals surface area contributed by atoms with Gasteiger partial charge in [0.05, 0.1) is 11.0 Å². The number of halogens is 1. The summed E-state index contributed by atoms with van der Waals surface area (Å²) in [6.45, 7) is 9.45. The van der Waals surface area contributed by atoms with Crippen LogP contribution in [0, 0.1) is 5.82 Å². The van der Waals surface area contributed by atoms with Crippen LogP contribution in [0.25, 0.3) is 51.8 Å². The van der Waals surface area contributed by atoms with Crippen molar-refractivity contribution in [3.63, 3.8) is 0 Å². The zero-order valence-electron chi connectivity index (χ0n) is 21.3. The van der Waals surface area contributed by atoms with Gasteiger partial charge in [-0.3, -0.25) is 15.0 Å². The first-order chi connectivity index (χ1) is 18.6. The number of aromatic nitrogens is 5. The van der Waals surface area contributed by atoms with Crippen molar-refractivity contribution in [2.45, 2.75) is 26.3 Å². The van der Waals surface area contributed by atoms with E-state index in [2.05, 4.69) is 54.8 Å². The molecule has 7 heteroatoms. The first-order valence-electron chi connectivity index (χ1n) is 12.9. The molecule has 0 radical (unpaired) electrons. The van der Waals surface area contributed by atoms with Gasteiger partial charge in [-0.1, -0.05) is 24.8 Å². The van der Waals surface area contributed by atoms with Crippen LogP contribution in [0.3, 0.4) is 0 Å². The molecule has 2 N–H and O–H groups in total. The molecule has 0 atom stereocenters. The van der Waals surface area contributed by atoms with Gasteiger partial charge >= 0.3 is 0 Å². The third-order valence-electron chi connectivity index (χ3n) is 7.17. The first kappa shape index (κ1) is 24.0. The number of rotatable bonds is 6. The molecule has 0 saturated carbocycles. The molecule has 5 aromatic rings. The van der Waals surface area contributed by atoms with Crippen molar-refractivity contribution in [3.8, 4) is 22.5 Å². The molecular formula is C31H29FN6. The molecule has 0 aliphatic carbocycles. The van der Waals surface area contributed by atoms with Gasteiger partial charge in [0.2, 0.25) is 0 Å². The summed E-state index contributed by atoms with van der Waals surface area (Å²) < 4.78 is 13.5. The summed E-state index contributed by atoms with van der Waals surface area (Å²) in [5.74, 6) is -0.259. The van der Waals surface area contributed by atoms with E-state index in [9.17, 15) is 4.39 Å². The Bertz CT molecular complexity index is 1740. The maximum Gasteiger partial charge on any atom is 0.138 e. The fourth-order valence-electron chi connectivity index (χ4n) is 5.20. The average molecular weight is 505 g/mol. The lowest BCUT2D eigenvalue weighted by Crippen LogP contribution is -2.22. The molecule has 4 aromatic heterocycles. The number of pyridine rings is 2. The molecule has 1 fully saturated rings. The van der Waals surface area contributed by atoms with Crippen molar-refractivity contribution in [3.05, 3.63) is 94.6 Å². The minimum absolute atomic E-state index is 0.259. The largest absolute Gasteiger partial charge is 0.338 e. The number of aromatic amines is 2. The van der Waals surface area contributed by atoms with E-state index in [1.54, 1.807) is 18.3 Å². The summed E-state index contributed by atoms with van der Waals surface area (Å²) >= 11 is 0. The molecule has 0 unspecified atom stereocenters. The Kier molecular flexibility index (Phi) is 6.43. The topological polar surface area (TPSA) is 73.5 Å². The highest BCUT2D eigenvalue weighted by molar-refractivity contribution is 5.96. The summed E-state index contributed by atoms with van der Waals surface area (Å²) in [5, 5.41) is 10.2. The van der Waals surface area contributed by atoms with E-state index in [1.807, 2.05) is 31.5 Å². The number of hydrogen-bond acceptors (Lipinski definition) is 4. The van der Waals surface area contributed by atoms with Crippen LogP contribution in [-0.4, -0.2) is 43.1 Å². The molecule has 190 valence electrons. The van der Waals surface area contributed by atoms with E-state index in [0.29, 0.717) is 0 Å². The fourth-order valence-corrected chi connectivity index (χ4v) is 5.20. The van der Waals surface area contributed by atoms with Crippen LogP contribution in [0.4, 0.5) is 4.39 Å². The molecule has 6 nitrogen and oxygen atoms in total. The van der Waals surface area contributed by atoms with Gasteiger partial charge in [-0.25, -0.2) is 9.37 Å². The van der Waals surface area contributed by atoms with E-state index < -0.39 is 0 Å². The van der Waals surface area contributed by atoms with E-state index in [0.717, 1.165) is 74.9 Å². The second-order valence-electron chi connectivity index (χ2n) is 9.73. The smallest absolute Gasteiger partial charge is 0.138 e. The van der Waals surface area contributed by atoms with Crippen LogP contribution in [-0.2, 0) is 6.54 Å². The summed E-state index contributed by atoms with van der Waals surface area (Å²) in [4.78, 5) is 15.0.